The lowest BCUT2D eigenvalue weighted by Gasteiger charge is -2.36. The number of halogens is 3. The molecule has 1 N–H and O–H groups in total. The molecule has 128 valence electrons. The Morgan fingerprint density at radius 3 is 2.46 bits per heavy atom. The minimum atomic E-state index is -4.38. The summed E-state index contributed by atoms with van der Waals surface area (Å²) in [7, 11) is 0. The van der Waals surface area contributed by atoms with E-state index in [9.17, 15) is 13.2 Å². The van der Waals surface area contributed by atoms with E-state index in [1.165, 1.54) is 6.07 Å². The molecule has 1 fully saturated rings. The lowest BCUT2D eigenvalue weighted by Crippen LogP contribution is -2.46. The van der Waals surface area contributed by atoms with Gasteiger partial charge in [-0.25, -0.2) is 0 Å². The molecule has 1 aromatic carbocycles. The van der Waals surface area contributed by atoms with E-state index in [2.05, 4.69) is 15.2 Å². The molecule has 0 spiro atoms. The van der Waals surface area contributed by atoms with Crippen molar-refractivity contribution in [3.8, 4) is 0 Å². The van der Waals surface area contributed by atoms with Gasteiger partial charge in [-0.3, -0.25) is 9.88 Å². The number of hydrogen-bond donors (Lipinski definition) is 1. The summed E-state index contributed by atoms with van der Waals surface area (Å²) in [6, 6.07) is 9.04. The van der Waals surface area contributed by atoms with Gasteiger partial charge in [0, 0.05) is 32.4 Å². The first kappa shape index (κ1) is 16.9. The topological polar surface area (TPSA) is 28.2 Å². The maximum atomic E-state index is 13.5. The molecule has 0 amide bonds. The smallest absolute Gasteiger partial charge is 0.314 e. The number of aryl methyl sites for hydroxylation is 1. The molecule has 1 saturated heterocycles. The number of alkyl halides is 3. The average Bonchev–Trinajstić information content (AvgIpc) is 2.57. The van der Waals surface area contributed by atoms with E-state index >= 15 is 0 Å². The molecule has 0 saturated carbocycles. The molecule has 0 aliphatic carbocycles. The highest BCUT2D eigenvalue weighted by molar-refractivity contribution is 5.39. The summed E-state index contributed by atoms with van der Waals surface area (Å²) in [6.45, 7) is 4.79. The van der Waals surface area contributed by atoms with Crippen molar-refractivity contribution < 1.29 is 13.2 Å². The van der Waals surface area contributed by atoms with Gasteiger partial charge in [-0.1, -0.05) is 24.3 Å². The third-order valence-electron chi connectivity index (χ3n) is 4.39. The highest BCUT2D eigenvalue weighted by Crippen LogP contribution is 2.39. The molecule has 0 radical (unpaired) electrons. The van der Waals surface area contributed by atoms with Gasteiger partial charge < -0.3 is 5.32 Å². The van der Waals surface area contributed by atoms with Crippen molar-refractivity contribution in [2.45, 2.75) is 19.1 Å². The number of pyridine rings is 1. The SMILES string of the molecule is Cc1cccnc1C(c1ccccc1C(F)(F)F)N1CCNCC1. The number of piperazine rings is 1. The molecular formula is C18H20F3N3. The summed E-state index contributed by atoms with van der Waals surface area (Å²) in [5.74, 6) is 0. The third-order valence-corrected chi connectivity index (χ3v) is 4.39. The van der Waals surface area contributed by atoms with E-state index in [1.54, 1.807) is 18.3 Å². The van der Waals surface area contributed by atoms with Gasteiger partial charge in [0.15, 0.2) is 0 Å². The molecule has 1 atom stereocenters. The zero-order chi connectivity index (χ0) is 17.2. The Morgan fingerprint density at radius 1 is 1.08 bits per heavy atom. The van der Waals surface area contributed by atoms with E-state index in [-0.39, 0.29) is 5.56 Å². The van der Waals surface area contributed by atoms with Crippen LogP contribution in [0.1, 0.15) is 28.4 Å². The van der Waals surface area contributed by atoms with E-state index in [0.29, 0.717) is 18.8 Å². The molecule has 1 aliphatic rings. The zero-order valence-electron chi connectivity index (χ0n) is 13.5. The fourth-order valence-corrected chi connectivity index (χ4v) is 3.24. The summed E-state index contributed by atoms with van der Waals surface area (Å²) >= 11 is 0. The maximum Gasteiger partial charge on any atom is 0.416 e. The van der Waals surface area contributed by atoms with Crippen LogP contribution in [0.4, 0.5) is 13.2 Å². The third kappa shape index (κ3) is 3.44. The highest BCUT2D eigenvalue weighted by atomic mass is 19.4. The Labute approximate surface area is 139 Å². The Balaban J connectivity index is 2.14. The van der Waals surface area contributed by atoms with Gasteiger partial charge >= 0.3 is 6.18 Å². The Hall–Kier alpha value is -1.92. The molecule has 6 heteroatoms. The Bertz CT molecular complexity index is 694. The van der Waals surface area contributed by atoms with E-state index in [4.69, 9.17) is 0 Å². The van der Waals surface area contributed by atoms with Gasteiger partial charge in [-0.2, -0.15) is 13.2 Å². The number of hydrogen-bond acceptors (Lipinski definition) is 3. The fourth-order valence-electron chi connectivity index (χ4n) is 3.24. The number of nitrogens with one attached hydrogen (secondary N) is 1. The van der Waals surface area contributed by atoms with Crippen LogP contribution in [0.2, 0.25) is 0 Å². The van der Waals surface area contributed by atoms with Crippen molar-refractivity contribution in [1.29, 1.82) is 0 Å². The van der Waals surface area contributed by atoms with Crippen molar-refractivity contribution in [3.63, 3.8) is 0 Å². The molecule has 24 heavy (non-hydrogen) atoms. The second-order valence-corrected chi connectivity index (χ2v) is 5.98. The van der Waals surface area contributed by atoms with Crippen LogP contribution in [0.25, 0.3) is 0 Å². The molecule has 3 rings (SSSR count). The van der Waals surface area contributed by atoms with Crippen LogP contribution in [0, 0.1) is 6.92 Å². The molecule has 2 heterocycles. The molecule has 3 nitrogen and oxygen atoms in total. The van der Waals surface area contributed by atoms with E-state index < -0.39 is 17.8 Å². The zero-order valence-corrected chi connectivity index (χ0v) is 13.5. The minimum absolute atomic E-state index is 0.272. The van der Waals surface area contributed by atoms with Gasteiger partial charge in [-0.15, -0.1) is 0 Å². The van der Waals surface area contributed by atoms with Gasteiger partial charge in [0.25, 0.3) is 0 Å². The molecule has 1 unspecified atom stereocenters. The first-order chi connectivity index (χ1) is 11.5. The summed E-state index contributed by atoms with van der Waals surface area (Å²) in [5.41, 5.74) is 1.28. The number of aromatic nitrogens is 1. The lowest BCUT2D eigenvalue weighted by atomic mass is 9.93. The highest BCUT2D eigenvalue weighted by Gasteiger charge is 2.37. The number of nitrogens with zero attached hydrogens (tertiary/aromatic N) is 2. The number of rotatable bonds is 3. The second kappa shape index (κ2) is 6.91. The molecule has 0 bridgehead atoms. The predicted octanol–water partition coefficient (Wildman–Crippen LogP) is 3.40. The second-order valence-electron chi connectivity index (χ2n) is 5.98. The summed E-state index contributed by atoms with van der Waals surface area (Å²) in [4.78, 5) is 6.50. The molecule has 2 aromatic rings. The van der Waals surface area contributed by atoms with Gasteiger partial charge in [0.2, 0.25) is 0 Å². The van der Waals surface area contributed by atoms with Gasteiger partial charge in [0.05, 0.1) is 17.3 Å². The van der Waals surface area contributed by atoms with Crippen LogP contribution in [-0.2, 0) is 6.18 Å². The van der Waals surface area contributed by atoms with Crippen molar-refractivity contribution in [1.82, 2.24) is 15.2 Å². The maximum absolute atomic E-state index is 13.5. The van der Waals surface area contributed by atoms with Crippen LogP contribution in [-0.4, -0.2) is 36.1 Å². The monoisotopic (exact) mass is 335 g/mol. The Kier molecular flexibility index (Phi) is 4.87. The van der Waals surface area contributed by atoms with Gasteiger partial charge in [-0.05, 0) is 30.2 Å². The number of benzene rings is 1. The van der Waals surface area contributed by atoms with Crippen molar-refractivity contribution >= 4 is 0 Å². The van der Waals surface area contributed by atoms with Crippen molar-refractivity contribution in [3.05, 3.63) is 65.0 Å². The Morgan fingerprint density at radius 2 is 1.79 bits per heavy atom. The first-order valence-corrected chi connectivity index (χ1v) is 8.01. The van der Waals surface area contributed by atoms with Crippen LogP contribution < -0.4 is 5.32 Å². The molecular weight excluding hydrogens is 315 g/mol. The van der Waals surface area contributed by atoms with Crippen molar-refractivity contribution in [2.24, 2.45) is 0 Å². The summed E-state index contributed by atoms with van der Waals surface area (Å²) in [5, 5.41) is 3.25. The van der Waals surface area contributed by atoms with Crippen LogP contribution >= 0.6 is 0 Å². The first-order valence-electron chi connectivity index (χ1n) is 8.01. The van der Waals surface area contributed by atoms with Crippen LogP contribution in [0.15, 0.2) is 42.6 Å². The van der Waals surface area contributed by atoms with E-state index in [1.807, 2.05) is 19.1 Å². The summed E-state index contributed by atoms with van der Waals surface area (Å²) in [6.07, 6.45) is -2.74. The normalized spacial score (nSPS) is 17.7. The predicted molar refractivity (Wildman–Crippen MR) is 86.7 cm³/mol. The molecule has 1 aliphatic heterocycles. The average molecular weight is 335 g/mol. The molecule has 1 aromatic heterocycles. The largest absolute Gasteiger partial charge is 0.416 e. The van der Waals surface area contributed by atoms with Gasteiger partial charge in [0.1, 0.15) is 0 Å². The van der Waals surface area contributed by atoms with Crippen LogP contribution in [0.5, 0.6) is 0 Å². The van der Waals surface area contributed by atoms with Crippen LogP contribution in [0.3, 0.4) is 0 Å². The standard InChI is InChI=1S/C18H20F3N3/c1-13-5-4-8-23-16(13)17(24-11-9-22-10-12-24)14-6-2-3-7-15(14)18(19,20)21/h2-8,17,22H,9-12H2,1H3. The lowest BCUT2D eigenvalue weighted by molar-refractivity contribution is -0.138. The fraction of sp³-hybridized carbons (Fsp3) is 0.389. The van der Waals surface area contributed by atoms with E-state index in [0.717, 1.165) is 24.7 Å². The quantitative estimate of drug-likeness (QED) is 0.932. The summed E-state index contributed by atoms with van der Waals surface area (Å²) < 4.78 is 40.6. The minimum Gasteiger partial charge on any atom is -0.314 e. The van der Waals surface area contributed by atoms with Crippen molar-refractivity contribution in [2.75, 3.05) is 26.2 Å².